The number of benzene rings is 1. The molecule has 3 aromatic rings. The highest BCUT2D eigenvalue weighted by molar-refractivity contribution is 6.05. The Morgan fingerprint density at radius 3 is 2.70 bits per heavy atom. The summed E-state index contributed by atoms with van der Waals surface area (Å²) in [7, 11) is 3.90. The fourth-order valence-corrected chi connectivity index (χ4v) is 3.11. The zero-order chi connectivity index (χ0) is 16.6. The molecular formula is C18H22N4O. The maximum Gasteiger partial charge on any atom is 0.253 e. The van der Waals surface area contributed by atoms with Crippen LogP contribution in [-0.2, 0) is 20.5 Å². The number of carbonyl (C=O) groups excluding carboxylic acids is 1. The first-order valence-corrected chi connectivity index (χ1v) is 7.80. The van der Waals surface area contributed by atoms with Crippen molar-refractivity contribution in [3.63, 3.8) is 0 Å². The summed E-state index contributed by atoms with van der Waals surface area (Å²) in [6, 6.07) is 7.84. The summed E-state index contributed by atoms with van der Waals surface area (Å²) in [5, 5.41) is 8.53. The molecule has 0 radical (unpaired) electrons. The molecule has 0 bridgehead atoms. The molecule has 120 valence electrons. The molecule has 1 aromatic carbocycles. The second-order valence-electron chi connectivity index (χ2n) is 5.95. The quantitative estimate of drug-likeness (QED) is 0.805. The van der Waals surface area contributed by atoms with Crippen molar-refractivity contribution in [1.82, 2.24) is 19.7 Å². The Hall–Kier alpha value is -2.56. The van der Waals surface area contributed by atoms with Gasteiger partial charge in [0.2, 0.25) is 0 Å². The van der Waals surface area contributed by atoms with E-state index in [1.807, 2.05) is 60.7 Å². The van der Waals surface area contributed by atoms with E-state index in [1.165, 1.54) is 5.56 Å². The van der Waals surface area contributed by atoms with Crippen molar-refractivity contribution in [2.45, 2.75) is 20.3 Å². The van der Waals surface area contributed by atoms with Gasteiger partial charge in [-0.2, -0.15) is 5.10 Å². The number of aryl methyl sites for hydroxylation is 3. The Bertz CT molecular complexity index is 873. The van der Waals surface area contributed by atoms with Gasteiger partial charge in [0, 0.05) is 37.9 Å². The van der Waals surface area contributed by atoms with E-state index in [-0.39, 0.29) is 5.91 Å². The average Bonchev–Trinajstić information content (AvgIpc) is 3.02. The van der Waals surface area contributed by atoms with Crippen LogP contribution < -0.4 is 5.32 Å². The Balaban J connectivity index is 1.73. The summed E-state index contributed by atoms with van der Waals surface area (Å²) in [5.41, 5.74) is 5.09. The predicted octanol–water partition coefficient (Wildman–Crippen LogP) is 2.50. The van der Waals surface area contributed by atoms with E-state index >= 15 is 0 Å². The van der Waals surface area contributed by atoms with Crippen LogP contribution in [0.15, 0.2) is 30.5 Å². The van der Waals surface area contributed by atoms with Gasteiger partial charge < -0.3 is 9.88 Å². The van der Waals surface area contributed by atoms with Crippen LogP contribution in [0, 0.1) is 13.8 Å². The molecule has 0 unspecified atom stereocenters. The van der Waals surface area contributed by atoms with Gasteiger partial charge in [-0.25, -0.2) is 0 Å². The van der Waals surface area contributed by atoms with Crippen molar-refractivity contribution in [3.8, 4) is 0 Å². The lowest BCUT2D eigenvalue weighted by Gasteiger charge is -2.08. The van der Waals surface area contributed by atoms with Crippen LogP contribution in [0.3, 0.4) is 0 Å². The Morgan fingerprint density at radius 2 is 2.00 bits per heavy atom. The van der Waals surface area contributed by atoms with Crippen LogP contribution in [0.5, 0.6) is 0 Å². The van der Waals surface area contributed by atoms with Gasteiger partial charge in [-0.15, -0.1) is 0 Å². The lowest BCUT2D eigenvalue weighted by molar-refractivity contribution is 0.0955. The van der Waals surface area contributed by atoms with E-state index in [2.05, 4.69) is 17.3 Å². The number of rotatable bonds is 4. The zero-order valence-electron chi connectivity index (χ0n) is 14.1. The van der Waals surface area contributed by atoms with Crippen molar-refractivity contribution in [2.75, 3.05) is 6.54 Å². The van der Waals surface area contributed by atoms with Gasteiger partial charge in [-0.3, -0.25) is 9.48 Å². The van der Waals surface area contributed by atoms with Crippen molar-refractivity contribution in [3.05, 3.63) is 53.0 Å². The van der Waals surface area contributed by atoms with Crippen LogP contribution in [0.4, 0.5) is 0 Å². The van der Waals surface area contributed by atoms with Crippen molar-refractivity contribution in [1.29, 1.82) is 0 Å². The fourth-order valence-electron chi connectivity index (χ4n) is 3.11. The molecule has 0 aliphatic rings. The highest BCUT2D eigenvalue weighted by Gasteiger charge is 2.13. The molecule has 3 rings (SSSR count). The topological polar surface area (TPSA) is 51.9 Å². The highest BCUT2D eigenvalue weighted by atomic mass is 16.1. The molecule has 1 N–H and O–H groups in total. The lowest BCUT2D eigenvalue weighted by atomic mass is 10.1. The second-order valence-corrected chi connectivity index (χ2v) is 5.95. The molecule has 0 spiro atoms. The van der Waals surface area contributed by atoms with Crippen molar-refractivity contribution >= 4 is 16.8 Å². The number of carbonyl (C=O) groups is 1. The monoisotopic (exact) mass is 310 g/mol. The lowest BCUT2D eigenvalue weighted by Crippen LogP contribution is -2.26. The van der Waals surface area contributed by atoms with Gasteiger partial charge in [0.1, 0.15) is 0 Å². The average molecular weight is 310 g/mol. The summed E-state index contributed by atoms with van der Waals surface area (Å²) in [4.78, 5) is 12.5. The first-order valence-electron chi connectivity index (χ1n) is 7.80. The fraction of sp³-hybridized carbons (Fsp3) is 0.333. The number of nitrogens with one attached hydrogen (secondary N) is 1. The molecule has 0 atom stereocenters. The number of fused-ring (bicyclic) bond motifs is 1. The molecule has 23 heavy (non-hydrogen) atoms. The number of hydrogen-bond acceptors (Lipinski definition) is 2. The van der Waals surface area contributed by atoms with Gasteiger partial charge in [0.05, 0.1) is 16.8 Å². The first-order chi connectivity index (χ1) is 11.0. The molecule has 0 saturated heterocycles. The largest absolute Gasteiger partial charge is 0.352 e. The van der Waals surface area contributed by atoms with Gasteiger partial charge in [-0.05, 0) is 38.0 Å². The van der Waals surface area contributed by atoms with Gasteiger partial charge >= 0.3 is 0 Å². The number of hydrogen-bond donors (Lipinski definition) is 1. The minimum Gasteiger partial charge on any atom is -0.352 e. The smallest absolute Gasteiger partial charge is 0.253 e. The summed E-state index contributed by atoms with van der Waals surface area (Å²) in [6.45, 7) is 4.67. The molecule has 5 nitrogen and oxygen atoms in total. The Morgan fingerprint density at radius 1 is 1.22 bits per heavy atom. The van der Waals surface area contributed by atoms with E-state index in [9.17, 15) is 4.79 Å². The van der Waals surface area contributed by atoms with E-state index in [1.54, 1.807) is 0 Å². The van der Waals surface area contributed by atoms with Crippen LogP contribution in [0.1, 0.15) is 27.3 Å². The Labute approximate surface area is 135 Å². The van der Waals surface area contributed by atoms with Crippen LogP contribution in [-0.4, -0.2) is 26.8 Å². The molecule has 2 heterocycles. The third kappa shape index (κ3) is 2.74. The standard InChI is InChI=1S/C18H22N4O/c1-12-15(13(2)22(4)20-12)8-10-19-18(23)16-7-5-6-14-9-11-21(3)17(14)16/h5-7,9,11H,8,10H2,1-4H3,(H,19,23). The van der Waals surface area contributed by atoms with Crippen LogP contribution in [0.2, 0.25) is 0 Å². The highest BCUT2D eigenvalue weighted by Crippen LogP contribution is 2.19. The number of para-hydroxylation sites is 1. The summed E-state index contributed by atoms with van der Waals surface area (Å²) in [6.07, 6.45) is 2.77. The number of amides is 1. The molecule has 5 heteroatoms. The maximum absolute atomic E-state index is 12.5. The second kappa shape index (κ2) is 5.91. The van der Waals surface area contributed by atoms with Crippen LogP contribution in [0.25, 0.3) is 10.9 Å². The number of nitrogens with zero attached hydrogens (tertiary/aromatic N) is 3. The molecule has 0 aliphatic heterocycles. The SMILES string of the molecule is Cc1nn(C)c(C)c1CCNC(=O)c1cccc2ccn(C)c12. The number of aromatic nitrogens is 3. The van der Waals surface area contributed by atoms with E-state index in [0.717, 1.165) is 34.3 Å². The predicted molar refractivity (Wildman–Crippen MR) is 91.6 cm³/mol. The van der Waals surface area contributed by atoms with Gasteiger partial charge in [0.25, 0.3) is 5.91 Å². The molecule has 0 saturated carbocycles. The van der Waals surface area contributed by atoms with Crippen molar-refractivity contribution < 1.29 is 4.79 Å². The van der Waals surface area contributed by atoms with E-state index in [0.29, 0.717) is 6.54 Å². The normalized spacial score (nSPS) is 11.1. The summed E-state index contributed by atoms with van der Waals surface area (Å²) in [5.74, 6) is -0.0309. The maximum atomic E-state index is 12.5. The summed E-state index contributed by atoms with van der Waals surface area (Å²) >= 11 is 0. The van der Waals surface area contributed by atoms with E-state index in [4.69, 9.17) is 0 Å². The van der Waals surface area contributed by atoms with Crippen molar-refractivity contribution in [2.24, 2.45) is 14.1 Å². The van der Waals surface area contributed by atoms with Gasteiger partial charge in [0.15, 0.2) is 0 Å². The molecule has 0 aliphatic carbocycles. The molecule has 0 fully saturated rings. The van der Waals surface area contributed by atoms with Gasteiger partial charge in [-0.1, -0.05) is 12.1 Å². The summed E-state index contributed by atoms with van der Waals surface area (Å²) < 4.78 is 3.87. The van der Waals surface area contributed by atoms with E-state index < -0.39 is 0 Å². The third-order valence-electron chi connectivity index (χ3n) is 4.46. The zero-order valence-corrected chi connectivity index (χ0v) is 14.1. The van der Waals surface area contributed by atoms with Crippen LogP contribution >= 0.6 is 0 Å². The minimum absolute atomic E-state index is 0.0309. The first kappa shape index (κ1) is 15.3. The third-order valence-corrected chi connectivity index (χ3v) is 4.46. The molecular weight excluding hydrogens is 288 g/mol. The minimum atomic E-state index is -0.0309. The molecule has 1 amide bonds. The molecule has 2 aromatic heterocycles. The Kier molecular flexibility index (Phi) is 3.94.